The highest BCUT2D eigenvalue weighted by Gasteiger charge is 2.30. The molecule has 0 aliphatic carbocycles. The summed E-state index contributed by atoms with van der Waals surface area (Å²) in [5.41, 5.74) is 7.96. The van der Waals surface area contributed by atoms with E-state index in [4.69, 9.17) is 10.2 Å². The van der Waals surface area contributed by atoms with Crippen LogP contribution in [0.3, 0.4) is 0 Å². The van der Waals surface area contributed by atoms with Crippen LogP contribution in [0.2, 0.25) is 0 Å². The highest BCUT2D eigenvalue weighted by atomic mass is 16.3. The fourth-order valence-electron chi connectivity index (χ4n) is 4.15. The number of amides is 1. The van der Waals surface area contributed by atoms with Crippen molar-refractivity contribution in [1.82, 2.24) is 4.90 Å². The Hall–Kier alpha value is -2.92. The third-order valence-electron chi connectivity index (χ3n) is 6.12. The Balaban J connectivity index is 1.82. The zero-order chi connectivity index (χ0) is 20.5. The van der Waals surface area contributed by atoms with Gasteiger partial charge in [0.2, 0.25) is 0 Å². The molecule has 2 N–H and O–H groups in total. The number of hydrogen-bond acceptors (Lipinski definition) is 4. The van der Waals surface area contributed by atoms with Gasteiger partial charge in [-0.15, -0.1) is 0 Å². The van der Waals surface area contributed by atoms with E-state index in [9.17, 15) is 9.59 Å². The van der Waals surface area contributed by atoms with E-state index in [2.05, 4.69) is 6.92 Å². The van der Waals surface area contributed by atoms with Gasteiger partial charge in [-0.2, -0.15) is 0 Å². The molecule has 1 saturated heterocycles. The van der Waals surface area contributed by atoms with Crippen molar-refractivity contribution < 1.29 is 9.21 Å². The van der Waals surface area contributed by atoms with Crippen LogP contribution in [-0.2, 0) is 0 Å². The molecule has 1 aromatic heterocycles. The number of piperidine rings is 1. The molecule has 5 heteroatoms. The first-order valence-corrected chi connectivity index (χ1v) is 10.1. The molecule has 1 aliphatic heterocycles. The van der Waals surface area contributed by atoms with Crippen LogP contribution in [0.4, 0.5) is 0 Å². The van der Waals surface area contributed by atoms with Gasteiger partial charge in [0.15, 0.2) is 11.0 Å². The summed E-state index contributed by atoms with van der Waals surface area (Å²) in [4.78, 5) is 28.2. The van der Waals surface area contributed by atoms with Crippen LogP contribution in [0.5, 0.6) is 0 Å². The van der Waals surface area contributed by atoms with E-state index < -0.39 is 0 Å². The fourth-order valence-corrected chi connectivity index (χ4v) is 4.15. The minimum atomic E-state index is -0.105. The summed E-state index contributed by atoms with van der Waals surface area (Å²) in [5, 5.41) is 0.439. The molecule has 2 heterocycles. The van der Waals surface area contributed by atoms with Crippen LogP contribution in [0.15, 0.2) is 57.7 Å². The monoisotopic (exact) mass is 390 g/mol. The number of nitrogens with two attached hydrogens (primary N) is 1. The topological polar surface area (TPSA) is 76.5 Å². The van der Waals surface area contributed by atoms with E-state index in [1.54, 1.807) is 25.1 Å². The summed E-state index contributed by atoms with van der Waals surface area (Å²) in [6, 6.07) is 14.7. The lowest BCUT2D eigenvalue weighted by molar-refractivity contribution is 0.0619. The van der Waals surface area contributed by atoms with Gasteiger partial charge in [-0.05, 0) is 43.9 Å². The minimum absolute atomic E-state index is 0.105. The Morgan fingerprint density at radius 1 is 1.17 bits per heavy atom. The normalized spacial score (nSPS) is 19.5. The number of carbonyl (C=O) groups excluding carboxylic acids is 1. The first-order chi connectivity index (χ1) is 14.0. The molecule has 0 radical (unpaired) electrons. The van der Waals surface area contributed by atoms with Crippen LogP contribution >= 0.6 is 0 Å². The zero-order valence-corrected chi connectivity index (χ0v) is 16.9. The number of para-hydroxylation sites is 1. The number of hydrogen-bond donors (Lipinski definition) is 1. The third-order valence-corrected chi connectivity index (χ3v) is 6.12. The van der Waals surface area contributed by atoms with Gasteiger partial charge in [0.05, 0.1) is 10.9 Å². The van der Waals surface area contributed by atoms with Crippen molar-refractivity contribution in [2.45, 2.75) is 20.3 Å². The van der Waals surface area contributed by atoms with Gasteiger partial charge >= 0.3 is 0 Å². The van der Waals surface area contributed by atoms with E-state index in [-0.39, 0.29) is 17.3 Å². The largest absolute Gasteiger partial charge is 0.455 e. The number of benzene rings is 2. The first kappa shape index (κ1) is 19.4. The molecule has 0 saturated carbocycles. The van der Waals surface area contributed by atoms with Crippen molar-refractivity contribution in [3.8, 4) is 11.3 Å². The number of rotatable bonds is 3. The Morgan fingerprint density at radius 3 is 2.66 bits per heavy atom. The molecule has 1 fully saturated rings. The Labute approximate surface area is 170 Å². The zero-order valence-electron chi connectivity index (χ0n) is 16.9. The molecular weight excluding hydrogens is 364 g/mol. The maximum Gasteiger partial charge on any atom is 0.257 e. The molecule has 0 bridgehead atoms. The van der Waals surface area contributed by atoms with E-state index in [1.165, 1.54) is 0 Å². The van der Waals surface area contributed by atoms with E-state index in [1.807, 2.05) is 35.2 Å². The van der Waals surface area contributed by atoms with Crippen LogP contribution in [0, 0.1) is 18.8 Å². The fraction of sp³-hybridized carbons (Fsp3) is 0.333. The predicted molar refractivity (Wildman–Crippen MR) is 115 cm³/mol. The highest BCUT2D eigenvalue weighted by molar-refractivity contribution is 6.05. The molecule has 3 aromatic rings. The highest BCUT2D eigenvalue weighted by Crippen LogP contribution is 2.29. The second kappa shape index (κ2) is 7.84. The van der Waals surface area contributed by atoms with Crippen LogP contribution in [-0.4, -0.2) is 30.4 Å². The van der Waals surface area contributed by atoms with Gasteiger partial charge in [0.25, 0.3) is 5.91 Å². The molecule has 1 aliphatic rings. The smallest absolute Gasteiger partial charge is 0.257 e. The molecule has 2 aromatic carbocycles. The van der Waals surface area contributed by atoms with Crippen molar-refractivity contribution in [1.29, 1.82) is 0 Å². The lowest BCUT2D eigenvalue weighted by Gasteiger charge is -2.36. The molecule has 0 spiro atoms. The molecule has 2 unspecified atom stereocenters. The van der Waals surface area contributed by atoms with E-state index in [0.717, 1.165) is 12.0 Å². The van der Waals surface area contributed by atoms with Gasteiger partial charge in [-0.1, -0.05) is 43.3 Å². The molecular formula is C24H26N2O3. The van der Waals surface area contributed by atoms with Gasteiger partial charge in [-0.25, -0.2) is 0 Å². The van der Waals surface area contributed by atoms with Gasteiger partial charge < -0.3 is 15.1 Å². The average Bonchev–Trinajstić information content (AvgIpc) is 2.76. The summed E-state index contributed by atoms with van der Waals surface area (Å²) in [6.07, 6.45) is 0.927. The molecule has 1 amide bonds. The molecule has 150 valence electrons. The molecule has 5 nitrogen and oxygen atoms in total. The van der Waals surface area contributed by atoms with Gasteiger partial charge in [0.1, 0.15) is 5.76 Å². The van der Waals surface area contributed by atoms with E-state index in [0.29, 0.717) is 53.4 Å². The second-order valence-electron chi connectivity index (χ2n) is 7.95. The molecule has 4 rings (SSSR count). The summed E-state index contributed by atoms with van der Waals surface area (Å²) < 4.78 is 6.20. The molecule has 29 heavy (non-hydrogen) atoms. The van der Waals surface area contributed by atoms with Crippen molar-refractivity contribution in [3.63, 3.8) is 0 Å². The lowest BCUT2D eigenvalue weighted by atomic mass is 9.87. The third kappa shape index (κ3) is 3.47. The van der Waals surface area contributed by atoms with Crippen LogP contribution in [0.25, 0.3) is 22.3 Å². The standard InChI is InChI=1S/C24H26N2O3/c1-15-11-12-26(14-18(15)13-25)24(28)20-10-6-9-19-21(27)16(2)22(29-23(19)20)17-7-4-3-5-8-17/h3-10,15,18H,11-14,25H2,1-2H3. The maximum absolute atomic E-state index is 13.3. The lowest BCUT2D eigenvalue weighted by Crippen LogP contribution is -2.45. The number of fused-ring (bicyclic) bond motifs is 1. The van der Waals surface area contributed by atoms with Gasteiger partial charge in [-0.3, -0.25) is 9.59 Å². The van der Waals surface area contributed by atoms with Crippen molar-refractivity contribution in [2.24, 2.45) is 17.6 Å². The summed E-state index contributed by atoms with van der Waals surface area (Å²) in [7, 11) is 0. The maximum atomic E-state index is 13.3. The van der Waals surface area contributed by atoms with Crippen molar-refractivity contribution >= 4 is 16.9 Å². The quantitative estimate of drug-likeness (QED) is 0.737. The summed E-state index contributed by atoms with van der Waals surface area (Å²) in [6.45, 7) is 5.83. The average molecular weight is 390 g/mol. The number of carbonyl (C=O) groups is 1. The molecule has 2 atom stereocenters. The number of likely N-dealkylation sites (tertiary alicyclic amines) is 1. The Kier molecular flexibility index (Phi) is 5.24. The first-order valence-electron chi connectivity index (χ1n) is 10.1. The van der Waals surface area contributed by atoms with Crippen molar-refractivity contribution in [2.75, 3.05) is 19.6 Å². The summed E-state index contributed by atoms with van der Waals surface area (Å²) >= 11 is 0. The number of nitrogens with zero attached hydrogens (tertiary/aromatic N) is 1. The predicted octanol–water partition coefficient (Wildman–Crippen LogP) is 3.83. The SMILES string of the molecule is Cc1c(-c2ccccc2)oc2c(C(=O)N3CCC(C)C(CN)C3)cccc2c1=O. The van der Waals surface area contributed by atoms with Gasteiger partial charge in [0, 0.05) is 24.2 Å². The van der Waals surface area contributed by atoms with E-state index >= 15 is 0 Å². The summed E-state index contributed by atoms with van der Waals surface area (Å²) in [5.74, 6) is 1.20. The van der Waals surface area contributed by atoms with Crippen LogP contribution in [0.1, 0.15) is 29.3 Å². The second-order valence-corrected chi connectivity index (χ2v) is 7.95. The van der Waals surface area contributed by atoms with Crippen molar-refractivity contribution in [3.05, 3.63) is 69.9 Å². The Bertz CT molecular complexity index is 1100. The Morgan fingerprint density at radius 2 is 1.93 bits per heavy atom. The van der Waals surface area contributed by atoms with Crippen LogP contribution < -0.4 is 11.2 Å². The minimum Gasteiger partial charge on any atom is -0.455 e.